The number of ether oxygens (including phenoxy) is 1. The molecule has 1 aromatic carbocycles. The first-order valence-corrected chi connectivity index (χ1v) is 7.24. The first kappa shape index (κ1) is 15.1. The van der Waals surface area contributed by atoms with E-state index in [2.05, 4.69) is 16.9 Å². The average molecular weight is 311 g/mol. The van der Waals surface area contributed by atoms with Crippen LogP contribution in [0.2, 0.25) is 10.3 Å². The number of para-hydroxylation sites is 1. The Morgan fingerprint density at radius 1 is 1.10 bits per heavy atom. The molecule has 0 aliphatic carbocycles. The van der Waals surface area contributed by atoms with Crippen molar-refractivity contribution in [1.82, 2.24) is 9.97 Å². The lowest BCUT2D eigenvalue weighted by atomic mass is 10.1. The summed E-state index contributed by atoms with van der Waals surface area (Å²) in [4.78, 5) is 8.68. The Morgan fingerprint density at radius 2 is 1.75 bits per heavy atom. The summed E-state index contributed by atoms with van der Waals surface area (Å²) in [6.07, 6.45) is 2.27. The summed E-state index contributed by atoms with van der Waals surface area (Å²) in [6, 6.07) is 7.76. The van der Waals surface area contributed by atoms with Crippen LogP contribution in [0.3, 0.4) is 0 Å². The highest BCUT2D eigenvalue weighted by molar-refractivity contribution is 6.34. The third-order valence-corrected chi connectivity index (χ3v) is 3.62. The number of benzene rings is 1. The van der Waals surface area contributed by atoms with Crippen molar-refractivity contribution in [3.8, 4) is 5.75 Å². The van der Waals surface area contributed by atoms with Gasteiger partial charge >= 0.3 is 0 Å². The van der Waals surface area contributed by atoms with E-state index in [9.17, 15) is 0 Å². The minimum atomic E-state index is 0.441. The fourth-order valence-electron chi connectivity index (χ4n) is 2.03. The van der Waals surface area contributed by atoms with E-state index in [0.29, 0.717) is 22.6 Å². The van der Waals surface area contributed by atoms with E-state index in [0.717, 1.165) is 29.7 Å². The van der Waals surface area contributed by atoms with Crippen molar-refractivity contribution < 1.29 is 4.74 Å². The number of halogens is 2. The van der Waals surface area contributed by atoms with Gasteiger partial charge in [0.15, 0.2) is 0 Å². The number of methoxy groups -OCH3 is 1. The lowest BCUT2D eigenvalue weighted by Gasteiger charge is -2.09. The van der Waals surface area contributed by atoms with Crippen LogP contribution in [-0.4, -0.2) is 17.1 Å². The van der Waals surface area contributed by atoms with Crippen molar-refractivity contribution in [2.45, 2.75) is 26.2 Å². The zero-order chi connectivity index (χ0) is 14.5. The number of nitrogens with zero attached hydrogens (tertiary/aromatic N) is 2. The van der Waals surface area contributed by atoms with Crippen LogP contribution >= 0.6 is 23.2 Å². The highest BCUT2D eigenvalue weighted by Gasteiger charge is 2.12. The van der Waals surface area contributed by atoms with Crippen LogP contribution < -0.4 is 4.74 Å². The topological polar surface area (TPSA) is 35.0 Å². The van der Waals surface area contributed by atoms with Gasteiger partial charge in [0, 0.05) is 17.5 Å². The Bertz CT molecular complexity index is 579. The van der Waals surface area contributed by atoms with Gasteiger partial charge in [0.05, 0.1) is 7.11 Å². The van der Waals surface area contributed by atoms with E-state index < -0.39 is 0 Å². The molecule has 1 heterocycles. The fourth-order valence-corrected chi connectivity index (χ4v) is 2.64. The summed E-state index contributed by atoms with van der Waals surface area (Å²) >= 11 is 12.4. The minimum absolute atomic E-state index is 0.441. The third-order valence-electron chi connectivity index (χ3n) is 2.99. The summed E-state index contributed by atoms with van der Waals surface area (Å²) in [5, 5.41) is 0.883. The molecule has 3 nitrogen and oxygen atoms in total. The normalized spacial score (nSPS) is 10.6. The molecule has 0 spiro atoms. The maximum Gasteiger partial charge on any atom is 0.137 e. The Kier molecular flexibility index (Phi) is 5.21. The highest BCUT2D eigenvalue weighted by Crippen LogP contribution is 2.25. The minimum Gasteiger partial charge on any atom is -0.496 e. The summed E-state index contributed by atoms with van der Waals surface area (Å²) in [7, 11) is 1.64. The van der Waals surface area contributed by atoms with Crippen LogP contribution in [-0.2, 0) is 12.8 Å². The Balaban J connectivity index is 2.30. The van der Waals surface area contributed by atoms with Crippen LogP contribution in [0.25, 0.3) is 0 Å². The molecule has 1 aromatic heterocycles. The smallest absolute Gasteiger partial charge is 0.137 e. The lowest BCUT2D eigenvalue weighted by Crippen LogP contribution is -2.03. The second-order valence-electron chi connectivity index (χ2n) is 4.44. The van der Waals surface area contributed by atoms with Crippen molar-refractivity contribution in [3.63, 3.8) is 0 Å². The van der Waals surface area contributed by atoms with Gasteiger partial charge in [-0.3, -0.25) is 0 Å². The monoisotopic (exact) mass is 310 g/mol. The largest absolute Gasteiger partial charge is 0.496 e. The second-order valence-corrected chi connectivity index (χ2v) is 5.15. The van der Waals surface area contributed by atoms with Crippen LogP contribution in [0.15, 0.2) is 24.3 Å². The first-order chi connectivity index (χ1) is 9.65. The first-order valence-electron chi connectivity index (χ1n) is 6.48. The predicted molar refractivity (Wildman–Crippen MR) is 81.8 cm³/mol. The lowest BCUT2D eigenvalue weighted by molar-refractivity contribution is 0.410. The van der Waals surface area contributed by atoms with E-state index in [1.807, 2.05) is 24.3 Å². The molecule has 2 rings (SSSR count). The summed E-state index contributed by atoms with van der Waals surface area (Å²) < 4.78 is 5.32. The molecular formula is C15H16Cl2N2O. The summed E-state index contributed by atoms with van der Waals surface area (Å²) in [5.74, 6) is 1.41. The molecule has 0 bridgehead atoms. The zero-order valence-corrected chi connectivity index (χ0v) is 13.0. The molecule has 0 aliphatic heterocycles. The highest BCUT2D eigenvalue weighted by atomic mass is 35.5. The third kappa shape index (κ3) is 3.41. The van der Waals surface area contributed by atoms with Gasteiger partial charge in [0.25, 0.3) is 0 Å². The maximum atomic E-state index is 6.19. The van der Waals surface area contributed by atoms with Crippen LogP contribution in [0.1, 0.15) is 30.3 Å². The van der Waals surface area contributed by atoms with Crippen molar-refractivity contribution in [3.05, 3.63) is 51.5 Å². The SMILES string of the molecule is CCCc1c(Cl)nc(Cc2ccccc2OC)nc1Cl. The number of rotatable bonds is 5. The average Bonchev–Trinajstić information content (AvgIpc) is 2.43. The number of aromatic nitrogens is 2. The van der Waals surface area contributed by atoms with Gasteiger partial charge in [0.1, 0.15) is 21.9 Å². The Morgan fingerprint density at radius 3 is 2.35 bits per heavy atom. The molecule has 0 radical (unpaired) electrons. The standard InChI is InChI=1S/C15H16Cl2N2O/c1-3-6-11-14(16)18-13(19-15(11)17)9-10-7-4-5-8-12(10)20-2/h4-5,7-8H,3,6,9H2,1-2H3. The Labute approximate surface area is 128 Å². The number of hydrogen-bond acceptors (Lipinski definition) is 3. The molecule has 106 valence electrons. The Hall–Kier alpha value is -1.32. The quantitative estimate of drug-likeness (QED) is 0.771. The second kappa shape index (κ2) is 6.91. The van der Waals surface area contributed by atoms with Crippen molar-refractivity contribution in [2.24, 2.45) is 0 Å². The van der Waals surface area contributed by atoms with Gasteiger partial charge in [-0.05, 0) is 12.5 Å². The van der Waals surface area contributed by atoms with Gasteiger partial charge < -0.3 is 4.74 Å². The van der Waals surface area contributed by atoms with Gasteiger partial charge in [0.2, 0.25) is 0 Å². The van der Waals surface area contributed by atoms with Gasteiger partial charge in [-0.2, -0.15) is 0 Å². The molecule has 0 fully saturated rings. The van der Waals surface area contributed by atoms with E-state index in [1.54, 1.807) is 7.11 Å². The predicted octanol–water partition coefficient (Wildman–Crippen LogP) is 4.34. The summed E-state index contributed by atoms with van der Waals surface area (Å²) in [5.41, 5.74) is 1.82. The van der Waals surface area contributed by atoms with Gasteiger partial charge in [-0.15, -0.1) is 0 Å². The number of hydrogen-bond donors (Lipinski definition) is 0. The van der Waals surface area contributed by atoms with Crippen molar-refractivity contribution in [2.75, 3.05) is 7.11 Å². The molecule has 5 heteroatoms. The molecule has 0 unspecified atom stereocenters. The molecule has 0 N–H and O–H groups in total. The van der Waals surface area contributed by atoms with Crippen molar-refractivity contribution in [1.29, 1.82) is 0 Å². The van der Waals surface area contributed by atoms with Gasteiger partial charge in [-0.1, -0.05) is 54.7 Å². The molecule has 0 aliphatic rings. The van der Waals surface area contributed by atoms with E-state index in [1.165, 1.54) is 0 Å². The van der Waals surface area contributed by atoms with E-state index in [4.69, 9.17) is 27.9 Å². The molecule has 0 amide bonds. The summed E-state index contributed by atoms with van der Waals surface area (Å²) in [6.45, 7) is 2.06. The molecular weight excluding hydrogens is 295 g/mol. The molecule has 20 heavy (non-hydrogen) atoms. The zero-order valence-electron chi connectivity index (χ0n) is 11.5. The van der Waals surface area contributed by atoms with E-state index in [-0.39, 0.29) is 0 Å². The molecule has 0 saturated heterocycles. The van der Waals surface area contributed by atoms with Crippen LogP contribution in [0.4, 0.5) is 0 Å². The van der Waals surface area contributed by atoms with Crippen LogP contribution in [0.5, 0.6) is 5.75 Å². The fraction of sp³-hybridized carbons (Fsp3) is 0.333. The van der Waals surface area contributed by atoms with Gasteiger partial charge in [-0.25, -0.2) is 9.97 Å². The molecule has 2 aromatic rings. The van der Waals surface area contributed by atoms with E-state index >= 15 is 0 Å². The maximum absolute atomic E-state index is 6.19. The van der Waals surface area contributed by atoms with Crippen LogP contribution in [0, 0.1) is 0 Å². The van der Waals surface area contributed by atoms with Crippen molar-refractivity contribution >= 4 is 23.2 Å². The molecule has 0 saturated carbocycles. The molecule has 0 atom stereocenters.